The van der Waals surface area contributed by atoms with E-state index in [1.807, 2.05) is 0 Å². The summed E-state index contributed by atoms with van der Waals surface area (Å²) in [6.45, 7) is 2.35. The number of likely N-dealkylation sites (tertiary alicyclic amines) is 1. The summed E-state index contributed by atoms with van der Waals surface area (Å²) < 4.78 is 28.1. The van der Waals surface area contributed by atoms with Gasteiger partial charge in [0.15, 0.2) is 5.03 Å². The average Bonchev–Trinajstić information content (AvgIpc) is 2.91. The summed E-state index contributed by atoms with van der Waals surface area (Å²) in [4.78, 5) is 6.10. The molecule has 1 aromatic heterocycles. The summed E-state index contributed by atoms with van der Waals surface area (Å²) >= 11 is 0. The van der Waals surface area contributed by atoms with E-state index in [1.54, 1.807) is 11.6 Å². The van der Waals surface area contributed by atoms with E-state index in [1.165, 1.54) is 12.5 Å². The van der Waals surface area contributed by atoms with Crippen LogP contribution in [0, 0.1) is 0 Å². The van der Waals surface area contributed by atoms with Crippen molar-refractivity contribution in [2.24, 2.45) is 7.05 Å². The maximum Gasteiger partial charge on any atom is 0.259 e. The van der Waals surface area contributed by atoms with Crippen LogP contribution in [0.5, 0.6) is 0 Å². The van der Waals surface area contributed by atoms with Gasteiger partial charge >= 0.3 is 0 Å². The third kappa shape index (κ3) is 4.50. The number of sulfonamides is 1. The molecule has 0 bridgehead atoms. The lowest BCUT2D eigenvalue weighted by Gasteiger charge is -2.34. The van der Waals surface area contributed by atoms with Gasteiger partial charge in [-0.15, -0.1) is 0 Å². The molecule has 0 amide bonds. The summed E-state index contributed by atoms with van der Waals surface area (Å²) in [5.41, 5.74) is 0. The quantitative estimate of drug-likeness (QED) is 0.688. The van der Waals surface area contributed by atoms with Crippen molar-refractivity contribution < 1.29 is 13.5 Å². The van der Waals surface area contributed by atoms with Crippen molar-refractivity contribution in [1.82, 2.24) is 19.2 Å². The fourth-order valence-corrected chi connectivity index (χ4v) is 3.70. The molecule has 0 saturated carbocycles. The Hall–Kier alpha value is -0.960. The fraction of sp³-hybridized carbons (Fsp3) is 0.769. The molecule has 1 saturated heterocycles. The fourth-order valence-electron chi connectivity index (χ4n) is 2.65. The third-order valence-corrected chi connectivity index (χ3v) is 5.18. The zero-order chi connectivity index (χ0) is 15.3. The Morgan fingerprint density at radius 3 is 2.95 bits per heavy atom. The van der Waals surface area contributed by atoms with Crippen molar-refractivity contribution in [2.75, 3.05) is 26.2 Å². The van der Waals surface area contributed by atoms with Crippen molar-refractivity contribution >= 4 is 10.0 Å². The number of imidazole rings is 1. The lowest BCUT2D eigenvalue weighted by Crippen LogP contribution is -2.43. The number of aromatic nitrogens is 2. The SMILES string of the molecule is Cn1cnc(S(=O)(=O)NCCCN2CCCC[C@H]2CO)c1. The summed E-state index contributed by atoms with van der Waals surface area (Å²) in [5, 5.41) is 9.39. The monoisotopic (exact) mass is 316 g/mol. The van der Waals surface area contributed by atoms with E-state index in [0.29, 0.717) is 6.54 Å². The van der Waals surface area contributed by atoms with Crippen LogP contribution in [0.3, 0.4) is 0 Å². The number of rotatable bonds is 7. The molecule has 7 nitrogen and oxygen atoms in total. The summed E-state index contributed by atoms with van der Waals surface area (Å²) in [5.74, 6) is 0. The average molecular weight is 316 g/mol. The molecule has 0 radical (unpaired) electrons. The van der Waals surface area contributed by atoms with E-state index in [4.69, 9.17) is 0 Å². The van der Waals surface area contributed by atoms with Gasteiger partial charge in [0.2, 0.25) is 0 Å². The molecular weight excluding hydrogens is 292 g/mol. The first-order chi connectivity index (χ1) is 10.0. The first-order valence-corrected chi connectivity index (χ1v) is 8.84. The molecule has 1 fully saturated rings. The molecule has 1 atom stereocenters. The smallest absolute Gasteiger partial charge is 0.259 e. The number of nitrogens with one attached hydrogen (secondary N) is 1. The molecule has 0 aliphatic carbocycles. The summed E-state index contributed by atoms with van der Waals surface area (Å²) in [6.07, 6.45) is 7.01. The Labute approximate surface area is 126 Å². The minimum Gasteiger partial charge on any atom is -0.395 e. The normalized spacial score (nSPS) is 20.8. The highest BCUT2D eigenvalue weighted by Crippen LogP contribution is 2.16. The second kappa shape index (κ2) is 7.35. The molecule has 2 heterocycles. The summed E-state index contributed by atoms with van der Waals surface area (Å²) in [7, 11) is -1.78. The van der Waals surface area contributed by atoms with Crippen LogP contribution in [0.15, 0.2) is 17.6 Å². The lowest BCUT2D eigenvalue weighted by molar-refractivity contribution is 0.0896. The number of aliphatic hydroxyl groups excluding tert-OH is 1. The molecule has 1 aliphatic rings. The Kier molecular flexibility index (Phi) is 5.74. The van der Waals surface area contributed by atoms with E-state index in [0.717, 1.165) is 38.8 Å². The van der Waals surface area contributed by atoms with Crippen LogP contribution >= 0.6 is 0 Å². The van der Waals surface area contributed by atoms with Crippen LogP contribution in [0.1, 0.15) is 25.7 Å². The van der Waals surface area contributed by atoms with E-state index in [9.17, 15) is 13.5 Å². The first-order valence-electron chi connectivity index (χ1n) is 7.35. The molecular formula is C13H24N4O3S. The molecule has 8 heteroatoms. The highest BCUT2D eigenvalue weighted by atomic mass is 32.2. The van der Waals surface area contributed by atoms with Crippen molar-refractivity contribution in [2.45, 2.75) is 36.8 Å². The van der Waals surface area contributed by atoms with Crippen LogP contribution in [-0.4, -0.2) is 60.3 Å². The number of aliphatic hydroxyl groups is 1. The van der Waals surface area contributed by atoms with Crippen LogP contribution < -0.4 is 4.72 Å². The van der Waals surface area contributed by atoms with Gasteiger partial charge in [-0.1, -0.05) is 6.42 Å². The predicted molar refractivity (Wildman–Crippen MR) is 79.3 cm³/mol. The number of piperidine rings is 1. The predicted octanol–water partition coefficient (Wildman–Crippen LogP) is -0.0647. The number of hydrogen-bond acceptors (Lipinski definition) is 5. The van der Waals surface area contributed by atoms with E-state index >= 15 is 0 Å². The molecule has 0 spiro atoms. The lowest BCUT2D eigenvalue weighted by atomic mass is 10.0. The number of nitrogens with zero attached hydrogens (tertiary/aromatic N) is 3. The van der Waals surface area contributed by atoms with Crippen LogP contribution in [-0.2, 0) is 17.1 Å². The van der Waals surface area contributed by atoms with E-state index in [2.05, 4.69) is 14.6 Å². The van der Waals surface area contributed by atoms with Gasteiger partial charge in [-0.25, -0.2) is 18.1 Å². The van der Waals surface area contributed by atoms with Crippen LogP contribution in [0.2, 0.25) is 0 Å². The Morgan fingerprint density at radius 2 is 2.29 bits per heavy atom. The van der Waals surface area contributed by atoms with Crippen molar-refractivity contribution in [3.8, 4) is 0 Å². The molecule has 2 N–H and O–H groups in total. The number of hydrogen-bond donors (Lipinski definition) is 2. The highest BCUT2D eigenvalue weighted by Gasteiger charge is 2.21. The largest absolute Gasteiger partial charge is 0.395 e. The Bertz CT molecular complexity index is 543. The summed E-state index contributed by atoms with van der Waals surface area (Å²) in [6, 6.07) is 0.228. The van der Waals surface area contributed by atoms with Gasteiger partial charge in [-0.3, -0.25) is 4.90 Å². The van der Waals surface area contributed by atoms with Crippen molar-refractivity contribution in [1.29, 1.82) is 0 Å². The molecule has 120 valence electrons. The van der Waals surface area contributed by atoms with Crippen molar-refractivity contribution in [3.63, 3.8) is 0 Å². The van der Waals surface area contributed by atoms with E-state index < -0.39 is 10.0 Å². The molecule has 1 aromatic rings. The first kappa shape index (κ1) is 16.4. The van der Waals surface area contributed by atoms with Crippen LogP contribution in [0.4, 0.5) is 0 Å². The van der Waals surface area contributed by atoms with Gasteiger partial charge in [0.05, 0.1) is 12.9 Å². The van der Waals surface area contributed by atoms with Gasteiger partial charge in [0, 0.05) is 25.8 Å². The minimum atomic E-state index is -3.51. The second-order valence-corrected chi connectivity index (χ2v) is 7.21. The third-order valence-electron chi connectivity index (χ3n) is 3.83. The van der Waals surface area contributed by atoms with Gasteiger partial charge in [0.1, 0.15) is 0 Å². The minimum absolute atomic E-state index is 0.0520. The highest BCUT2D eigenvalue weighted by molar-refractivity contribution is 7.89. The molecule has 2 rings (SSSR count). The maximum absolute atomic E-state index is 12.0. The molecule has 0 aromatic carbocycles. The van der Waals surface area contributed by atoms with Gasteiger partial charge in [-0.2, -0.15) is 0 Å². The van der Waals surface area contributed by atoms with E-state index in [-0.39, 0.29) is 17.7 Å². The number of aryl methyl sites for hydroxylation is 1. The molecule has 21 heavy (non-hydrogen) atoms. The second-order valence-electron chi connectivity index (χ2n) is 5.50. The van der Waals surface area contributed by atoms with Gasteiger partial charge in [-0.05, 0) is 32.4 Å². The van der Waals surface area contributed by atoms with Gasteiger partial charge < -0.3 is 9.67 Å². The standard InChI is InChI=1S/C13H24N4O3S/c1-16-9-13(14-11-16)21(19,20)15-6-4-8-17-7-3-2-5-12(17)10-18/h9,11-12,15,18H,2-8,10H2,1H3/t12-/m0/s1. The zero-order valence-electron chi connectivity index (χ0n) is 12.4. The maximum atomic E-state index is 12.0. The molecule has 1 aliphatic heterocycles. The zero-order valence-corrected chi connectivity index (χ0v) is 13.2. The van der Waals surface area contributed by atoms with Crippen molar-refractivity contribution in [3.05, 3.63) is 12.5 Å². The molecule has 0 unspecified atom stereocenters. The Balaban J connectivity index is 1.76. The van der Waals surface area contributed by atoms with Gasteiger partial charge in [0.25, 0.3) is 10.0 Å². The Morgan fingerprint density at radius 1 is 1.48 bits per heavy atom. The van der Waals surface area contributed by atoms with Crippen LogP contribution in [0.25, 0.3) is 0 Å². The topological polar surface area (TPSA) is 87.5 Å².